The summed E-state index contributed by atoms with van der Waals surface area (Å²) in [5.74, 6) is 1.36. The first-order chi connectivity index (χ1) is 14.1. The second-order valence-electron chi connectivity index (χ2n) is 6.18. The number of ether oxygens (including phenoxy) is 1. The summed E-state index contributed by atoms with van der Waals surface area (Å²) in [6.07, 6.45) is 2.01. The number of hydrogen-bond donors (Lipinski definition) is 1. The third-order valence-electron chi connectivity index (χ3n) is 4.16. The summed E-state index contributed by atoms with van der Waals surface area (Å²) in [5, 5.41) is 3.69. The second-order valence-corrected chi connectivity index (χ2v) is 8.55. The number of hydrogen-bond acceptors (Lipinski definition) is 4. The maximum absolute atomic E-state index is 12.8. The second kappa shape index (κ2) is 10.6. The van der Waals surface area contributed by atoms with Gasteiger partial charge in [0.15, 0.2) is 0 Å². The van der Waals surface area contributed by atoms with E-state index in [1.807, 2.05) is 73.8 Å². The molecule has 0 aliphatic rings. The maximum Gasteiger partial charge on any atom is 0.255 e. The van der Waals surface area contributed by atoms with E-state index in [1.54, 1.807) is 29.6 Å². The zero-order chi connectivity index (χ0) is 20.6. The van der Waals surface area contributed by atoms with Crippen molar-refractivity contribution in [3.05, 3.63) is 82.9 Å². The van der Waals surface area contributed by atoms with E-state index in [1.165, 1.54) is 0 Å². The first kappa shape index (κ1) is 21.6. The minimum absolute atomic E-state index is 0.135. The van der Waals surface area contributed by atoms with Gasteiger partial charge < -0.3 is 10.1 Å². The van der Waals surface area contributed by atoms with Gasteiger partial charge in [-0.05, 0) is 73.8 Å². The fourth-order valence-electron chi connectivity index (χ4n) is 2.73. The number of amides is 1. The highest BCUT2D eigenvalue weighted by Crippen LogP contribution is 2.30. The van der Waals surface area contributed by atoms with Crippen molar-refractivity contribution in [3.63, 3.8) is 0 Å². The predicted octanol–water partition coefficient (Wildman–Crippen LogP) is 7.01. The van der Waals surface area contributed by atoms with Crippen molar-refractivity contribution in [2.75, 3.05) is 18.2 Å². The fraction of sp³-hybridized carbons (Fsp3) is 0.174. The Morgan fingerprint density at radius 3 is 2.55 bits per heavy atom. The van der Waals surface area contributed by atoms with E-state index in [9.17, 15) is 4.79 Å². The molecule has 0 aliphatic heterocycles. The van der Waals surface area contributed by atoms with Crippen molar-refractivity contribution in [2.24, 2.45) is 0 Å². The van der Waals surface area contributed by atoms with E-state index < -0.39 is 0 Å². The van der Waals surface area contributed by atoms with Crippen molar-refractivity contribution in [1.82, 2.24) is 0 Å². The Morgan fingerprint density at radius 2 is 1.83 bits per heavy atom. The Morgan fingerprint density at radius 1 is 1.03 bits per heavy atom. The molecule has 3 aromatic carbocycles. The van der Waals surface area contributed by atoms with E-state index in [4.69, 9.17) is 16.3 Å². The molecule has 0 saturated heterocycles. The van der Waals surface area contributed by atoms with E-state index >= 15 is 0 Å². The zero-order valence-electron chi connectivity index (χ0n) is 16.3. The first-order valence-corrected chi connectivity index (χ1v) is 11.8. The highest BCUT2D eigenvalue weighted by molar-refractivity contribution is 7.98. The molecule has 0 fully saturated rings. The smallest absolute Gasteiger partial charge is 0.255 e. The molecular weight excluding hydrogens is 422 g/mol. The average molecular weight is 444 g/mol. The third-order valence-corrected chi connectivity index (χ3v) is 6.20. The molecule has 0 heterocycles. The molecule has 0 radical (unpaired) electrons. The van der Waals surface area contributed by atoms with Gasteiger partial charge in [-0.15, -0.1) is 23.5 Å². The Hall–Kier alpha value is -2.08. The average Bonchev–Trinajstić information content (AvgIpc) is 2.74. The van der Waals surface area contributed by atoms with Gasteiger partial charge in [0.2, 0.25) is 0 Å². The van der Waals surface area contributed by atoms with Crippen LogP contribution in [0.15, 0.2) is 76.5 Å². The third kappa shape index (κ3) is 6.20. The highest BCUT2D eigenvalue weighted by Gasteiger charge is 2.12. The molecule has 6 heteroatoms. The summed E-state index contributed by atoms with van der Waals surface area (Å²) < 4.78 is 5.76. The van der Waals surface area contributed by atoms with E-state index in [2.05, 4.69) is 5.32 Å². The van der Waals surface area contributed by atoms with Gasteiger partial charge in [0.1, 0.15) is 5.75 Å². The fourth-order valence-corrected chi connectivity index (χ4v) is 4.19. The lowest BCUT2D eigenvalue weighted by atomic mass is 10.1. The topological polar surface area (TPSA) is 38.3 Å². The van der Waals surface area contributed by atoms with Crippen LogP contribution in [0.4, 0.5) is 5.69 Å². The standard InChI is InChI=1S/C23H22ClNO2S2/c1-3-27-22-12-7-16(23(26)25-19-5-4-6-21(14-19)28-2)13-17(22)15-29-20-10-8-18(24)9-11-20/h4-14H,3,15H2,1-2H3,(H,25,26). The van der Waals surface area contributed by atoms with Crippen LogP contribution in [-0.2, 0) is 5.75 Å². The van der Waals surface area contributed by atoms with Gasteiger partial charge in [0.25, 0.3) is 5.91 Å². The van der Waals surface area contributed by atoms with Crippen molar-refractivity contribution in [3.8, 4) is 5.75 Å². The summed E-state index contributed by atoms with van der Waals surface area (Å²) in [6, 6.07) is 21.1. The van der Waals surface area contributed by atoms with Crippen LogP contribution in [0.25, 0.3) is 0 Å². The molecule has 29 heavy (non-hydrogen) atoms. The number of benzene rings is 3. The molecule has 0 atom stereocenters. The van der Waals surface area contributed by atoms with Crippen molar-refractivity contribution < 1.29 is 9.53 Å². The minimum atomic E-state index is -0.135. The van der Waals surface area contributed by atoms with Gasteiger partial charge in [0, 0.05) is 37.4 Å². The SMILES string of the molecule is CCOc1ccc(C(=O)Nc2cccc(SC)c2)cc1CSc1ccc(Cl)cc1. The van der Waals surface area contributed by atoms with Gasteiger partial charge in [-0.25, -0.2) is 0 Å². The van der Waals surface area contributed by atoms with E-state index in [-0.39, 0.29) is 5.91 Å². The van der Waals surface area contributed by atoms with Crippen LogP contribution in [0.3, 0.4) is 0 Å². The number of carbonyl (C=O) groups is 1. The number of rotatable bonds is 8. The first-order valence-electron chi connectivity index (χ1n) is 9.18. The molecule has 0 aromatic heterocycles. The van der Waals surface area contributed by atoms with Gasteiger partial charge in [0.05, 0.1) is 6.61 Å². The van der Waals surface area contributed by atoms with Crippen LogP contribution in [0.5, 0.6) is 5.75 Å². The van der Waals surface area contributed by atoms with Crippen LogP contribution in [0.1, 0.15) is 22.8 Å². The summed E-state index contributed by atoms with van der Waals surface area (Å²) >= 11 is 9.28. The van der Waals surface area contributed by atoms with Crippen LogP contribution in [0, 0.1) is 0 Å². The number of halogens is 1. The summed E-state index contributed by atoms with van der Waals surface area (Å²) in [4.78, 5) is 15.0. The highest BCUT2D eigenvalue weighted by atomic mass is 35.5. The largest absolute Gasteiger partial charge is 0.494 e. The van der Waals surface area contributed by atoms with Gasteiger partial charge in [-0.1, -0.05) is 17.7 Å². The lowest BCUT2D eigenvalue weighted by Crippen LogP contribution is -2.12. The predicted molar refractivity (Wildman–Crippen MR) is 125 cm³/mol. The molecule has 1 amide bonds. The van der Waals surface area contributed by atoms with Crippen LogP contribution in [0.2, 0.25) is 5.02 Å². The van der Waals surface area contributed by atoms with E-state index in [0.29, 0.717) is 22.9 Å². The number of thioether (sulfide) groups is 2. The molecule has 3 nitrogen and oxygen atoms in total. The number of carbonyl (C=O) groups excluding carboxylic acids is 1. The van der Waals surface area contributed by atoms with E-state index in [0.717, 1.165) is 26.8 Å². The quantitative estimate of drug-likeness (QED) is 0.380. The molecule has 0 unspecified atom stereocenters. The summed E-state index contributed by atoms with van der Waals surface area (Å²) in [6.45, 7) is 2.53. The minimum Gasteiger partial charge on any atom is -0.494 e. The Bertz CT molecular complexity index is 977. The molecule has 0 aliphatic carbocycles. The van der Waals surface area contributed by atoms with Gasteiger partial charge >= 0.3 is 0 Å². The zero-order valence-corrected chi connectivity index (χ0v) is 18.7. The Balaban J connectivity index is 1.77. The lowest BCUT2D eigenvalue weighted by molar-refractivity contribution is 0.102. The molecule has 0 spiro atoms. The summed E-state index contributed by atoms with van der Waals surface area (Å²) in [7, 11) is 0. The van der Waals surface area contributed by atoms with Crippen molar-refractivity contribution in [1.29, 1.82) is 0 Å². The Kier molecular flexibility index (Phi) is 7.92. The maximum atomic E-state index is 12.8. The monoisotopic (exact) mass is 443 g/mol. The van der Waals surface area contributed by atoms with Crippen molar-refractivity contribution >= 4 is 46.7 Å². The molecule has 0 bridgehead atoms. The van der Waals surface area contributed by atoms with Crippen LogP contribution >= 0.6 is 35.1 Å². The lowest BCUT2D eigenvalue weighted by Gasteiger charge is -2.13. The van der Waals surface area contributed by atoms with Gasteiger partial charge in [-0.3, -0.25) is 4.79 Å². The molecule has 1 N–H and O–H groups in total. The molecule has 150 valence electrons. The summed E-state index contributed by atoms with van der Waals surface area (Å²) in [5.41, 5.74) is 2.37. The normalized spacial score (nSPS) is 10.6. The Labute approximate surface area is 185 Å². The van der Waals surface area contributed by atoms with Crippen LogP contribution < -0.4 is 10.1 Å². The number of anilines is 1. The molecular formula is C23H22ClNO2S2. The molecule has 3 aromatic rings. The van der Waals surface area contributed by atoms with Crippen molar-refractivity contribution in [2.45, 2.75) is 22.5 Å². The molecule has 0 saturated carbocycles. The molecule has 3 rings (SSSR count). The van der Waals surface area contributed by atoms with Crippen LogP contribution in [-0.4, -0.2) is 18.8 Å². The number of nitrogens with one attached hydrogen (secondary N) is 1. The van der Waals surface area contributed by atoms with Gasteiger partial charge in [-0.2, -0.15) is 0 Å².